The van der Waals surface area contributed by atoms with Gasteiger partial charge in [-0.3, -0.25) is 15.0 Å². The molecule has 6 heteroatoms. The van der Waals surface area contributed by atoms with E-state index in [0.29, 0.717) is 19.4 Å². The van der Waals surface area contributed by atoms with Gasteiger partial charge in [0, 0.05) is 18.9 Å². The van der Waals surface area contributed by atoms with Gasteiger partial charge in [-0.2, -0.15) is 0 Å². The Bertz CT molecular complexity index is 1160. The number of fused-ring (bicyclic) bond motifs is 1. The highest BCUT2D eigenvalue weighted by Gasteiger charge is 2.32. The number of hydrogen-bond acceptors (Lipinski definition) is 4. The molecular formula is C28H28N2O4. The molecule has 1 aliphatic rings. The monoisotopic (exact) mass is 456 g/mol. The van der Waals surface area contributed by atoms with Crippen LogP contribution in [-0.4, -0.2) is 28.9 Å². The summed E-state index contributed by atoms with van der Waals surface area (Å²) in [7, 11) is 0. The summed E-state index contributed by atoms with van der Waals surface area (Å²) in [6.07, 6.45) is 1.25. The number of carbonyl (C=O) groups excluding carboxylic acids is 1. The van der Waals surface area contributed by atoms with Gasteiger partial charge in [0.25, 0.3) is 0 Å². The second-order valence-electron chi connectivity index (χ2n) is 8.57. The van der Waals surface area contributed by atoms with E-state index in [0.717, 1.165) is 27.8 Å². The quantitative estimate of drug-likeness (QED) is 0.331. The molecule has 0 spiro atoms. The Balaban J connectivity index is 1.34. The fraction of sp³-hybridized carbons (Fsp3) is 0.250. The van der Waals surface area contributed by atoms with Crippen molar-refractivity contribution in [2.24, 2.45) is 0 Å². The predicted octanol–water partition coefficient (Wildman–Crippen LogP) is 4.93. The first-order valence-electron chi connectivity index (χ1n) is 11.4. The number of carboxylic acid groups (broad SMARTS) is 1. The van der Waals surface area contributed by atoms with E-state index in [2.05, 4.69) is 5.32 Å². The van der Waals surface area contributed by atoms with Gasteiger partial charge in [-0.1, -0.05) is 78.9 Å². The Morgan fingerprint density at radius 3 is 2.35 bits per heavy atom. The van der Waals surface area contributed by atoms with Crippen molar-refractivity contribution in [3.8, 4) is 11.1 Å². The van der Waals surface area contributed by atoms with E-state index in [1.165, 1.54) is 0 Å². The minimum atomic E-state index is -0.887. The number of amides is 1. The van der Waals surface area contributed by atoms with Gasteiger partial charge in [0.1, 0.15) is 6.61 Å². The topological polar surface area (TPSA) is 99.5 Å². The Hall–Kier alpha value is -3.93. The zero-order chi connectivity index (χ0) is 23.9. The van der Waals surface area contributed by atoms with Gasteiger partial charge in [0.2, 0.25) is 5.91 Å². The molecule has 34 heavy (non-hydrogen) atoms. The molecule has 6 nitrogen and oxygen atoms in total. The molecule has 0 radical (unpaired) electrons. The number of carbonyl (C=O) groups is 2. The number of benzene rings is 3. The van der Waals surface area contributed by atoms with E-state index in [1.807, 2.05) is 78.9 Å². The average molecular weight is 457 g/mol. The van der Waals surface area contributed by atoms with Crippen LogP contribution >= 0.6 is 0 Å². The minimum absolute atomic E-state index is 0.0600. The van der Waals surface area contributed by atoms with Crippen molar-refractivity contribution in [3.05, 3.63) is 95.6 Å². The van der Waals surface area contributed by atoms with Crippen molar-refractivity contribution in [1.29, 1.82) is 5.41 Å². The van der Waals surface area contributed by atoms with E-state index in [9.17, 15) is 14.7 Å². The Labute approximate surface area is 199 Å². The molecule has 1 aliphatic carbocycles. The lowest BCUT2D eigenvalue weighted by molar-refractivity contribution is -0.139. The van der Waals surface area contributed by atoms with Crippen molar-refractivity contribution < 1.29 is 19.4 Å². The summed E-state index contributed by atoms with van der Waals surface area (Å²) in [4.78, 5) is 24.5. The predicted molar refractivity (Wildman–Crippen MR) is 131 cm³/mol. The molecular weight excluding hydrogens is 428 g/mol. The van der Waals surface area contributed by atoms with E-state index in [4.69, 9.17) is 10.1 Å². The van der Waals surface area contributed by atoms with Crippen LogP contribution in [0.2, 0.25) is 0 Å². The van der Waals surface area contributed by atoms with Crippen molar-refractivity contribution >= 4 is 17.8 Å². The molecule has 0 aliphatic heterocycles. The van der Waals surface area contributed by atoms with Gasteiger partial charge in [0.15, 0.2) is 5.90 Å². The van der Waals surface area contributed by atoms with Crippen LogP contribution < -0.4 is 5.32 Å². The normalized spacial score (nSPS) is 16.8. The van der Waals surface area contributed by atoms with E-state index in [1.54, 1.807) is 0 Å². The molecule has 4 rings (SSSR count). The Morgan fingerprint density at radius 1 is 0.941 bits per heavy atom. The molecule has 0 bridgehead atoms. The number of rotatable bonds is 8. The van der Waals surface area contributed by atoms with Crippen LogP contribution in [0.5, 0.6) is 0 Å². The van der Waals surface area contributed by atoms with Gasteiger partial charge >= 0.3 is 5.97 Å². The largest absolute Gasteiger partial charge is 0.481 e. The van der Waals surface area contributed by atoms with Crippen LogP contribution in [0.25, 0.3) is 11.1 Å². The smallest absolute Gasteiger partial charge is 0.311 e. The first-order chi connectivity index (χ1) is 16.5. The lowest BCUT2D eigenvalue weighted by atomic mass is 9.79. The summed E-state index contributed by atoms with van der Waals surface area (Å²) in [5.41, 5.74) is 4.76. The molecule has 0 saturated carbocycles. The van der Waals surface area contributed by atoms with Crippen LogP contribution in [0.3, 0.4) is 0 Å². The van der Waals surface area contributed by atoms with E-state index < -0.39 is 11.9 Å². The second kappa shape index (κ2) is 10.8. The maximum absolute atomic E-state index is 12.5. The lowest BCUT2D eigenvalue weighted by Gasteiger charge is -2.30. The SMILES string of the molecule is N=C(CCC(=O)NC1Cc2ccc(-c3ccccc3)cc2C(C(=O)O)C1)OCc1ccccc1. The van der Waals surface area contributed by atoms with Crippen molar-refractivity contribution in [2.75, 3.05) is 0 Å². The van der Waals surface area contributed by atoms with Crippen LogP contribution in [-0.2, 0) is 27.4 Å². The molecule has 1 amide bonds. The maximum Gasteiger partial charge on any atom is 0.311 e. The summed E-state index contributed by atoms with van der Waals surface area (Å²) in [5.74, 6) is -1.71. The molecule has 0 heterocycles. The number of hydrogen-bond donors (Lipinski definition) is 3. The van der Waals surface area contributed by atoms with E-state index in [-0.39, 0.29) is 30.7 Å². The molecule has 2 atom stereocenters. The zero-order valence-corrected chi connectivity index (χ0v) is 18.9. The highest BCUT2D eigenvalue weighted by atomic mass is 16.5. The van der Waals surface area contributed by atoms with Crippen molar-refractivity contribution in [3.63, 3.8) is 0 Å². The van der Waals surface area contributed by atoms with Crippen LogP contribution in [0, 0.1) is 5.41 Å². The number of nitrogens with one attached hydrogen (secondary N) is 2. The fourth-order valence-corrected chi connectivity index (χ4v) is 4.36. The van der Waals surface area contributed by atoms with Crippen LogP contribution in [0.4, 0.5) is 0 Å². The van der Waals surface area contributed by atoms with Crippen LogP contribution in [0.15, 0.2) is 78.9 Å². The number of aliphatic carboxylic acids is 1. The molecule has 0 aromatic heterocycles. The molecule has 3 aromatic rings. The first-order valence-corrected chi connectivity index (χ1v) is 11.4. The molecule has 174 valence electrons. The van der Waals surface area contributed by atoms with Crippen molar-refractivity contribution in [2.45, 2.75) is 44.2 Å². The summed E-state index contributed by atoms with van der Waals surface area (Å²) in [5, 5.41) is 20.8. The summed E-state index contributed by atoms with van der Waals surface area (Å²) >= 11 is 0. The molecule has 2 unspecified atom stereocenters. The second-order valence-corrected chi connectivity index (χ2v) is 8.57. The van der Waals surface area contributed by atoms with Gasteiger partial charge in [-0.05, 0) is 40.7 Å². The van der Waals surface area contributed by atoms with Gasteiger partial charge in [-0.25, -0.2) is 0 Å². The zero-order valence-electron chi connectivity index (χ0n) is 18.9. The molecule has 3 aromatic carbocycles. The standard InChI is InChI=1S/C28H28N2O4/c29-26(34-18-19-7-3-1-4-8-19)13-14-27(31)30-23-15-22-12-11-21(20-9-5-2-6-10-20)16-24(22)25(17-23)28(32)33/h1-12,16,23,25,29H,13-15,17-18H2,(H,30,31)(H,32,33). The minimum Gasteiger partial charge on any atom is -0.481 e. The van der Waals surface area contributed by atoms with E-state index >= 15 is 0 Å². The van der Waals surface area contributed by atoms with Crippen molar-refractivity contribution in [1.82, 2.24) is 5.32 Å². The third-order valence-electron chi connectivity index (χ3n) is 6.11. The number of carboxylic acids is 1. The summed E-state index contributed by atoms with van der Waals surface area (Å²) < 4.78 is 5.44. The molecule has 0 fully saturated rings. The molecule has 3 N–H and O–H groups in total. The third kappa shape index (κ3) is 5.90. The maximum atomic E-state index is 12.5. The van der Waals surface area contributed by atoms with Crippen LogP contribution in [0.1, 0.15) is 41.9 Å². The Morgan fingerprint density at radius 2 is 1.65 bits per heavy atom. The average Bonchev–Trinajstić information content (AvgIpc) is 2.86. The first kappa shape index (κ1) is 23.2. The number of ether oxygens (including phenoxy) is 1. The fourth-order valence-electron chi connectivity index (χ4n) is 4.36. The highest BCUT2D eigenvalue weighted by molar-refractivity contribution is 5.83. The van der Waals surface area contributed by atoms with Gasteiger partial charge in [-0.15, -0.1) is 0 Å². The van der Waals surface area contributed by atoms with Gasteiger partial charge < -0.3 is 15.2 Å². The highest BCUT2D eigenvalue weighted by Crippen LogP contribution is 2.35. The Kier molecular flexibility index (Phi) is 7.38. The molecule has 0 saturated heterocycles. The summed E-state index contributed by atoms with van der Waals surface area (Å²) in [6.45, 7) is 0.298. The summed E-state index contributed by atoms with van der Waals surface area (Å²) in [6, 6.07) is 25.1. The lowest BCUT2D eigenvalue weighted by Crippen LogP contribution is -2.41. The van der Waals surface area contributed by atoms with Gasteiger partial charge in [0.05, 0.1) is 5.92 Å². The third-order valence-corrected chi connectivity index (χ3v) is 6.11.